The molecule has 0 saturated heterocycles. The lowest BCUT2D eigenvalue weighted by Crippen LogP contribution is -2.50. The van der Waals surface area contributed by atoms with Gasteiger partial charge in [0.25, 0.3) is 0 Å². The molecule has 2 atom stereocenters. The van der Waals surface area contributed by atoms with E-state index in [1.54, 1.807) is 0 Å². The van der Waals surface area contributed by atoms with Crippen molar-refractivity contribution in [2.24, 2.45) is 5.92 Å². The molecule has 0 aromatic heterocycles. The molecule has 2 fully saturated rings. The number of hydrogen-bond donors (Lipinski definition) is 3. The molecule has 0 heterocycles. The minimum absolute atomic E-state index is 0.116. The van der Waals surface area contributed by atoms with Gasteiger partial charge in [0.05, 0.1) is 19.1 Å². The van der Waals surface area contributed by atoms with Gasteiger partial charge in [0, 0.05) is 12.1 Å². The minimum Gasteiger partial charge on any atom is -0.469 e. The summed E-state index contributed by atoms with van der Waals surface area (Å²) in [5, 5.41) is 15.4. The molecule has 0 unspecified atom stereocenters. The molecule has 0 spiro atoms. The Labute approximate surface area is 132 Å². The van der Waals surface area contributed by atoms with Crippen LogP contribution in [-0.2, 0) is 9.53 Å². The van der Waals surface area contributed by atoms with Crippen LogP contribution < -0.4 is 10.6 Å². The first-order chi connectivity index (χ1) is 10.6. The van der Waals surface area contributed by atoms with Crippen LogP contribution in [0.15, 0.2) is 0 Å². The van der Waals surface area contributed by atoms with Crippen LogP contribution in [-0.4, -0.2) is 42.4 Å². The summed E-state index contributed by atoms with van der Waals surface area (Å²) in [4.78, 5) is 24.1. The van der Waals surface area contributed by atoms with Crippen molar-refractivity contribution < 1.29 is 19.4 Å². The fourth-order valence-electron chi connectivity index (χ4n) is 3.53. The molecule has 2 aliphatic rings. The van der Waals surface area contributed by atoms with Crippen LogP contribution in [0.1, 0.15) is 57.8 Å². The number of esters is 1. The summed E-state index contributed by atoms with van der Waals surface area (Å²) in [6, 6.07) is -0.239. The number of urea groups is 1. The zero-order valence-corrected chi connectivity index (χ0v) is 13.3. The summed E-state index contributed by atoms with van der Waals surface area (Å²) < 4.78 is 4.88. The van der Waals surface area contributed by atoms with Gasteiger partial charge in [-0.05, 0) is 38.5 Å². The molecule has 2 amide bonds. The summed E-state index contributed by atoms with van der Waals surface area (Å²) in [5.74, 6) is -0.473. The molecule has 0 aromatic carbocycles. The first-order valence-electron chi connectivity index (χ1n) is 8.43. The Kier molecular flexibility index (Phi) is 6.49. The zero-order chi connectivity index (χ0) is 15.9. The average molecular weight is 312 g/mol. The van der Waals surface area contributed by atoms with Gasteiger partial charge >= 0.3 is 12.0 Å². The van der Waals surface area contributed by atoms with Crippen LogP contribution in [0.25, 0.3) is 0 Å². The van der Waals surface area contributed by atoms with Crippen LogP contribution in [0.2, 0.25) is 0 Å². The Bertz CT molecular complexity index is 380. The highest BCUT2D eigenvalue weighted by Crippen LogP contribution is 2.25. The fraction of sp³-hybridized carbons (Fsp3) is 0.875. The second kappa shape index (κ2) is 8.36. The number of methoxy groups -OCH3 is 1. The van der Waals surface area contributed by atoms with E-state index < -0.39 is 0 Å². The molecule has 0 bridgehead atoms. The second-order valence-corrected chi connectivity index (χ2v) is 6.50. The highest BCUT2D eigenvalue weighted by Gasteiger charge is 2.32. The Balaban J connectivity index is 1.85. The SMILES string of the molecule is COC(=O)[C@H]1CCCCC[C@H]1NC(=O)NC1CCC(O)CC1. The van der Waals surface area contributed by atoms with Gasteiger partial charge in [-0.3, -0.25) is 4.79 Å². The Hall–Kier alpha value is -1.30. The number of rotatable bonds is 3. The van der Waals surface area contributed by atoms with E-state index in [1.165, 1.54) is 7.11 Å². The molecule has 0 radical (unpaired) electrons. The predicted molar refractivity (Wildman–Crippen MR) is 82.3 cm³/mol. The largest absolute Gasteiger partial charge is 0.469 e. The molecule has 126 valence electrons. The van der Waals surface area contributed by atoms with Crippen LogP contribution in [0.4, 0.5) is 4.79 Å². The lowest BCUT2D eigenvalue weighted by Gasteiger charge is -2.28. The Morgan fingerprint density at radius 2 is 1.64 bits per heavy atom. The van der Waals surface area contributed by atoms with Crippen molar-refractivity contribution in [1.29, 1.82) is 0 Å². The maximum atomic E-state index is 12.2. The molecule has 22 heavy (non-hydrogen) atoms. The van der Waals surface area contributed by atoms with E-state index in [0.29, 0.717) is 0 Å². The Morgan fingerprint density at radius 1 is 0.955 bits per heavy atom. The van der Waals surface area contributed by atoms with Gasteiger partial charge in [0.1, 0.15) is 0 Å². The van der Waals surface area contributed by atoms with Gasteiger partial charge in [-0.15, -0.1) is 0 Å². The molecule has 0 aliphatic heterocycles. The molecular weight excluding hydrogens is 284 g/mol. The number of carbonyl (C=O) groups excluding carboxylic acids is 2. The summed E-state index contributed by atoms with van der Waals surface area (Å²) in [6.07, 6.45) is 7.55. The first-order valence-corrected chi connectivity index (χ1v) is 8.43. The van der Waals surface area contributed by atoms with E-state index >= 15 is 0 Å². The number of hydrogen-bond acceptors (Lipinski definition) is 4. The van der Waals surface area contributed by atoms with Crippen LogP contribution in [0.5, 0.6) is 0 Å². The molecule has 2 aliphatic carbocycles. The number of nitrogens with one attached hydrogen (secondary N) is 2. The van der Waals surface area contributed by atoms with Crippen molar-refractivity contribution in [2.45, 2.75) is 76.0 Å². The molecule has 2 saturated carbocycles. The smallest absolute Gasteiger partial charge is 0.315 e. The lowest BCUT2D eigenvalue weighted by molar-refractivity contribution is -0.146. The first kappa shape index (κ1) is 17.1. The van der Waals surface area contributed by atoms with Gasteiger partial charge < -0.3 is 20.5 Å². The van der Waals surface area contributed by atoms with Crippen molar-refractivity contribution in [1.82, 2.24) is 10.6 Å². The molecule has 3 N–H and O–H groups in total. The number of ether oxygens (including phenoxy) is 1. The summed E-state index contributed by atoms with van der Waals surface area (Å²) in [6.45, 7) is 0. The predicted octanol–water partition coefficient (Wildman–Crippen LogP) is 1.71. The monoisotopic (exact) mass is 312 g/mol. The van der Waals surface area contributed by atoms with Crippen molar-refractivity contribution in [2.75, 3.05) is 7.11 Å². The highest BCUT2D eigenvalue weighted by atomic mass is 16.5. The fourth-order valence-corrected chi connectivity index (χ4v) is 3.53. The number of amides is 2. The summed E-state index contributed by atoms with van der Waals surface area (Å²) >= 11 is 0. The van der Waals surface area contributed by atoms with Crippen molar-refractivity contribution >= 4 is 12.0 Å². The third-order valence-electron chi connectivity index (χ3n) is 4.87. The van der Waals surface area contributed by atoms with E-state index in [-0.39, 0.29) is 36.1 Å². The van der Waals surface area contributed by atoms with Crippen LogP contribution in [0, 0.1) is 5.92 Å². The molecule has 6 heteroatoms. The molecule has 0 aromatic rings. The Morgan fingerprint density at radius 3 is 2.32 bits per heavy atom. The zero-order valence-electron chi connectivity index (χ0n) is 13.3. The topological polar surface area (TPSA) is 87.7 Å². The van der Waals surface area contributed by atoms with Crippen molar-refractivity contribution in [3.63, 3.8) is 0 Å². The number of carbonyl (C=O) groups is 2. The van der Waals surface area contributed by atoms with Crippen molar-refractivity contribution in [3.05, 3.63) is 0 Å². The van der Waals surface area contributed by atoms with Gasteiger partial charge in [-0.1, -0.05) is 19.3 Å². The van der Waals surface area contributed by atoms with Crippen LogP contribution in [0.3, 0.4) is 0 Å². The van der Waals surface area contributed by atoms with Gasteiger partial charge in [0.2, 0.25) is 0 Å². The van der Waals surface area contributed by atoms with E-state index in [1.807, 2.05) is 0 Å². The summed E-state index contributed by atoms with van der Waals surface area (Å²) in [5.41, 5.74) is 0. The molecule has 6 nitrogen and oxygen atoms in total. The van der Waals surface area contributed by atoms with E-state index in [0.717, 1.165) is 57.8 Å². The normalized spacial score (nSPS) is 32.6. The third kappa shape index (κ3) is 4.87. The third-order valence-corrected chi connectivity index (χ3v) is 4.87. The maximum Gasteiger partial charge on any atom is 0.315 e. The maximum absolute atomic E-state index is 12.2. The van der Waals surface area contributed by atoms with Crippen molar-refractivity contribution in [3.8, 4) is 0 Å². The average Bonchev–Trinajstić information content (AvgIpc) is 2.74. The lowest BCUT2D eigenvalue weighted by atomic mass is 9.93. The quantitative estimate of drug-likeness (QED) is 0.547. The van der Waals surface area contributed by atoms with Gasteiger partial charge in [-0.25, -0.2) is 4.79 Å². The van der Waals surface area contributed by atoms with Gasteiger partial charge in [0.15, 0.2) is 0 Å². The molecular formula is C16H28N2O4. The second-order valence-electron chi connectivity index (χ2n) is 6.50. The standard InChI is InChI=1S/C16H28N2O4/c1-22-15(20)13-5-3-2-4-6-14(13)18-16(21)17-11-7-9-12(19)10-8-11/h11-14,19H,2-10H2,1H3,(H2,17,18,21)/t11?,12?,13-,14+/m0/s1. The minimum atomic E-state index is -0.244. The number of aliphatic hydroxyl groups excluding tert-OH is 1. The highest BCUT2D eigenvalue weighted by molar-refractivity contribution is 5.77. The van der Waals surface area contributed by atoms with E-state index in [9.17, 15) is 14.7 Å². The molecule has 2 rings (SSSR count). The van der Waals surface area contributed by atoms with E-state index in [2.05, 4.69) is 10.6 Å². The summed E-state index contributed by atoms with van der Waals surface area (Å²) in [7, 11) is 1.40. The van der Waals surface area contributed by atoms with Gasteiger partial charge in [-0.2, -0.15) is 0 Å². The number of aliphatic hydroxyl groups is 1. The van der Waals surface area contributed by atoms with E-state index in [4.69, 9.17) is 4.74 Å². The van der Waals surface area contributed by atoms with Crippen LogP contribution >= 0.6 is 0 Å².